The van der Waals surface area contributed by atoms with Gasteiger partial charge in [0, 0.05) is 36.5 Å². The third kappa shape index (κ3) is 3.74. The van der Waals surface area contributed by atoms with Crippen LogP contribution < -0.4 is 10.2 Å². The maximum atomic E-state index is 13.5. The monoisotopic (exact) mass is 406 g/mol. The number of nitrogens with one attached hydrogen (secondary N) is 1. The Kier molecular flexibility index (Phi) is 5.41. The summed E-state index contributed by atoms with van der Waals surface area (Å²) in [6.07, 6.45) is 2.15. The first-order valence-electron chi connectivity index (χ1n) is 10.7. The van der Waals surface area contributed by atoms with Gasteiger partial charge in [0.2, 0.25) is 11.8 Å². The Balaban J connectivity index is 1.61. The molecule has 2 aromatic carbocycles. The molecule has 0 unspecified atom stereocenters. The van der Waals surface area contributed by atoms with E-state index in [0.29, 0.717) is 32.6 Å². The highest BCUT2D eigenvalue weighted by molar-refractivity contribution is 6.02. The number of amides is 2. The number of nitrogens with zero attached hydrogens (tertiary/aromatic N) is 1. The number of anilines is 2. The minimum atomic E-state index is -0.598. The van der Waals surface area contributed by atoms with E-state index >= 15 is 0 Å². The average molecular weight is 407 g/mol. The van der Waals surface area contributed by atoms with E-state index in [1.54, 1.807) is 0 Å². The Morgan fingerprint density at radius 1 is 1.03 bits per heavy atom. The predicted molar refractivity (Wildman–Crippen MR) is 119 cm³/mol. The van der Waals surface area contributed by atoms with Gasteiger partial charge < -0.3 is 15.0 Å². The largest absolute Gasteiger partial charge is 0.381 e. The second-order valence-electron chi connectivity index (χ2n) is 9.31. The smallest absolute Gasteiger partial charge is 0.235 e. The van der Waals surface area contributed by atoms with E-state index < -0.39 is 10.8 Å². The molecule has 5 heteroatoms. The van der Waals surface area contributed by atoms with Gasteiger partial charge in [-0.25, -0.2) is 0 Å². The average Bonchev–Trinajstić information content (AvgIpc) is 3.16. The van der Waals surface area contributed by atoms with Gasteiger partial charge in [0.25, 0.3) is 0 Å². The lowest BCUT2D eigenvalue weighted by molar-refractivity contribution is -0.126. The maximum absolute atomic E-state index is 13.5. The van der Waals surface area contributed by atoms with Crippen LogP contribution in [0, 0.1) is 5.41 Å². The van der Waals surface area contributed by atoms with Crippen molar-refractivity contribution < 1.29 is 14.3 Å². The quantitative estimate of drug-likeness (QED) is 0.826. The molecule has 1 fully saturated rings. The van der Waals surface area contributed by atoms with Crippen LogP contribution in [0.5, 0.6) is 0 Å². The number of benzene rings is 2. The van der Waals surface area contributed by atoms with Crippen LogP contribution in [0.15, 0.2) is 48.5 Å². The van der Waals surface area contributed by atoms with E-state index in [1.807, 2.05) is 74.2 Å². The lowest BCUT2D eigenvalue weighted by Gasteiger charge is -2.36. The molecule has 2 aliphatic heterocycles. The topological polar surface area (TPSA) is 58.6 Å². The van der Waals surface area contributed by atoms with Gasteiger partial charge in [0.15, 0.2) is 0 Å². The molecule has 0 aromatic heterocycles. The van der Waals surface area contributed by atoms with Crippen LogP contribution in [-0.2, 0) is 26.2 Å². The van der Waals surface area contributed by atoms with Gasteiger partial charge in [-0.1, -0.05) is 57.2 Å². The van der Waals surface area contributed by atoms with E-state index in [-0.39, 0.29) is 11.8 Å². The number of hydrogen-bond acceptors (Lipinski definition) is 3. The van der Waals surface area contributed by atoms with Gasteiger partial charge in [-0.15, -0.1) is 0 Å². The minimum absolute atomic E-state index is 0.0105. The molecule has 0 saturated carbocycles. The van der Waals surface area contributed by atoms with Crippen molar-refractivity contribution in [3.8, 4) is 0 Å². The molecule has 30 heavy (non-hydrogen) atoms. The van der Waals surface area contributed by atoms with Crippen LogP contribution in [0.25, 0.3) is 0 Å². The van der Waals surface area contributed by atoms with Crippen molar-refractivity contribution in [2.24, 2.45) is 5.41 Å². The Labute approximate surface area is 178 Å². The lowest BCUT2D eigenvalue weighted by atomic mass is 9.73. The van der Waals surface area contributed by atoms with Crippen LogP contribution in [0.4, 0.5) is 11.4 Å². The van der Waals surface area contributed by atoms with E-state index in [1.165, 1.54) is 0 Å². The molecule has 2 amide bonds. The summed E-state index contributed by atoms with van der Waals surface area (Å²) < 4.78 is 5.56. The predicted octanol–water partition coefficient (Wildman–Crippen LogP) is 4.31. The number of fused-ring (bicyclic) bond motifs is 1. The van der Waals surface area contributed by atoms with Crippen LogP contribution in [0.3, 0.4) is 0 Å². The maximum Gasteiger partial charge on any atom is 0.235 e. The first kappa shape index (κ1) is 20.6. The van der Waals surface area contributed by atoms with E-state index in [0.717, 1.165) is 28.9 Å². The molecule has 158 valence electrons. The number of ether oxygens (including phenoxy) is 1. The van der Waals surface area contributed by atoms with Gasteiger partial charge in [-0.2, -0.15) is 0 Å². The summed E-state index contributed by atoms with van der Waals surface area (Å²) in [5.41, 5.74) is 2.77. The minimum Gasteiger partial charge on any atom is -0.381 e. The Bertz CT molecular complexity index is 941. The second kappa shape index (κ2) is 7.88. The molecule has 2 aliphatic rings. The fourth-order valence-electron chi connectivity index (χ4n) is 4.45. The van der Waals surface area contributed by atoms with Crippen LogP contribution in [0.1, 0.15) is 44.7 Å². The first-order chi connectivity index (χ1) is 14.3. The Morgan fingerprint density at radius 2 is 1.73 bits per heavy atom. The summed E-state index contributed by atoms with van der Waals surface area (Å²) in [7, 11) is 0. The number of carbonyl (C=O) groups is 2. The van der Waals surface area contributed by atoms with Crippen LogP contribution in [0.2, 0.25) is 0 Å². The fraction of sp³-hybridized carbons (Fsp3) is 0.440. The van der Waals surface area contributed by atoms with Crippen molar-refractivity contribution in [2.75, 3.05) is 30.0 Å². The van der Waals surface area contributed by atoms with Gasteiger partial charge in [-0.05, 0) is 42.5 Å². The SMILES string of the molecule is CC(C)(C)C(=O)N1CCc2ccc(NC(=O)C3(c4ccccc4)CCOCC3)cc21. The number of rotatable bonds is 3. The molecule has 0 atom stereocenters. The highest BCUT2D eigenvalue weighted by Gasteiger charge is 2.42. The highest BCUT2D eigenvalue weighted by atomic mass is 16.5. The van der Waals surface area contributed by atoms with Gasteiger partial charge >= 0.3 is 0 Å². The molecule has 4 rings (SSSR count). The number of carbonyl (C=O) groups excluding carboxylic acids is 2. The van der Waals surface area contributed by atoms with Crippen molar-refractivity contribution in [1.29, 1.82) is 0 Å². The molecule has 0 spiro atoms. The summed E-state index contributed by atoms with van der Waals surface area (Å²) >= 11 is 0. The molecule has 1 N–H and O–H groups in total. The van der Waals surface area contributed by atoms with Crippen molar-refractivity contribution >= 4 is 23.2 Å². The third-order valence-electron chi connectivity index (χ3n) is 6.23. The zero-order chi connectivity index (χ0) is 21.4. The van der Waals surface area contributed by atoms with Gasteiger partial charge in [-0.3, -0.25) is 9.59 Å². The molecule has 1 saturated heterocycles. The third-order valence-corrected chi connectivity index (χ3v) is 6.23. The zero-order valence-electron chi connectivity index (χ0n) is 18.0. The molecule has 0 radical (unpaired) electrons. The van der Waals surface area contributed by atoms with Crippen molar-refractivity contribution in [3.05, 3.63) is 59.7 Å². The molecule has 2 aromatic rings. The van der Waals surface area contributed by atoms with E-state index in [2.05, 4.69) is 5.32 Å². The van der Waals surface area contributed by atoms with Crippen molar-refractivity contribution in [2.45, 2.75) is 45.4 Å². The molecule has 2 heterocycles. The zero-order valence-corrected chi connectivity index (χ0v) is 18.0. The van der Waals surface area contributed by atoms with Crippen LogP contribution in [-0.4, -0.2) is 31.6 Å². The molecular formula is C25H30N2O3. The second-order valence-corrected chi connectivity index (χ2v) is 9.31. The molecule has 5 nitrogen and oxygen atoms in total. The summed E-state index contributed by atoms with van der Waals surface area (Å²) in [6.45, 7) is 7.64. The highest BCUT2D eigenvalue weighted by Crippen LogP contribution is 2.38. The van der Waals surface area contributed by atoms with E-state index in [4.69, 9.17) is 4.74 Å². The fourth-order valence-corrected chi connectivity index (χ4v) is 4.45. The Hall–Kier alpha value is -2.66. The molecule has 0 aliphatic carbocycles. The normalized spacial score (nSPS) is 18.0. The van der Waals surface area contributed by atoms with Crippen molar-refractivity contribution in [3.63, 3.8) is 0 Å². The molecular weight excluding hydrogens is 376 g/mol. The first-order valence-corrected chi connectivity index (χ1v) is 10.7. The number of hydrogen-bond donors (Lipinski definition) is 1. The summed E-state index contributed by atoms with van der Waals surface area (Å²) in [5.74, 6) is 0.0959. The Morgan fingerprint density at radius 3 is 2.40 bits per heavy atom. The lowest BCUT2D eigenvalue weighted by Crippen LogP contribution is -2.44. The van der Waals surface area contributed by atoms with Gasteiger partial charge in [0.1, 0.15) is 0 Å². The van der Waals surface area contributed by atoms with Crippen LogP contribution >= 0.6 is 0 Å². The summed E-state index contributed by atoms with van der Waals surface area (Å²) in [6, 6.07) is 15.9. The van der Waals surface area contributed by atoms with Crippen molar-refractivity contribution in [1.82, 2.24) is 0 Å². The summed E-state index contributed by atoms with van der Waals surface area (Å²) in [4.78, 5) is 28.2. The molecule has 0 bridgehead atoms. The van der Waals surface area contributed by atoms with E-state index in [9.17, 15) is 9.59 Å². The summed E-state index contributed by atoms with van der Waals surface area (Å²) in [5, 5.41) is 3.15. The standard InChI is InChI=1S/C25H30N2O3/c1-24(2,3)23(29)27-14-11-18-9-10-20(17-21(18)27)26-22(28)25(12-15-30-16-13-25)19-7-5-4-6-8-19/h4-10,17H,11-16H2,1-3H3,(H,26,28). The van der Waals surface area contributed by atoms with Gasteiger partial charge in [0.05, 0.1) is 5.41 Å².